The second-order valence-corrected chi connectivity index (χ2v) is 8.65. The number of nitrogens with two attached hydrogens (primary N) is 1. The van der Waals surface area contributed by atoms with E-state index in [1.807, 2.05) is 6.92 Å². The lowest BCUT2D eigenvalue weighted by Crippen LogP contribution is -2.43. The lowest BCUT2D eigenvalue weighted by Gasteiger charge is -2.32. The van der Waals surface area contributed by atoms with Gasteiger partial charge in [0.15, 0.2) is 11.5 Å². The summed E-state index contributed by atoms with van der Waals surface area (Å²) < 4.78 is 25.8. The average Bonchev–Trinajstić information content (AvgIpc) is 2.82. The highest BCUT2D eigenvalue weighted by atomic mass is 16.7. The van der Waals surface area contributed by atoms with E-state index in [2.05, 4.69) is 0 Å². The van der Waals surface area contributed by atoms with Crippen LogP contribution in [0, 0.1) is 11.8 Å². The van der Waals surface area contributed by atoms with Gasteiger partial charge in [0.05, 0.1) is 19.1 Å². The molecule has 202 valence electrons. The first-order chi connectivity index (χ1) is 16.9. The topological polar surface area (TPSA) is 161 Å². The van der Waals surface area contributed by atoms with E-state index in [4.69, 9.17) is 29.4 Å². The lowest BCUT2D eigenvalue weighted by atomic mass is 9.79. The molecule has 0 radical (unpaired) electrons. The van der Waals surface area contributed by atoms with Crippen LogP contribution in [-0.4, -0.2) is 54.7 Å². The molecule has 11 heteroatoms. The molecule has 1 aromatic rings. The van der Waals surface area contributed by atoms with Crippen LogP contribution in [0.4, 0.5) is 9.59 Å². The highest BCUT2D eigenvalue weighted by molar-refractivity contribution is 5.75. The van der Waals surface area contributed by atoms with Crippen LogP contribution < -0.4 is 15.2 Å². The van der Waals surface area contributed by atoms with Crippen molar-refractivity contribution in [3.8, 4) is 11.5 Å². The van der Waals surface area contributed by atoms with Crippen LogP contribution in [0.2, 0.25) is 0 Å². The highest BCUT2D eigenvalue weighted by Gasteiger charge is 2.36. The van der Waals surface area contributed by atoms with Crippen molar-refractivity contribution in [1.82, 2.24) is 0 Å². The van der Waals surface area contributed by atoms with Crippen LogP contribution in [0.1, 0.15) is 65.9 Å². The monoisotopic (exact) mass is 511 g/mol. The maximum Gasteiger partial charge on any atom is 0.513 e. The van der Waals surface area contributed by atoms with Crippen molar-refractivity contribution in [2.24, 2.45) is 17.6 Å². The third-order valence-electron chi connectivity index (χ3n) is 5.34. The number of hydrogen-bond donors (Lipinski definition) is 2. The smallest absolute Gasteiger partial charge is 0.480 e. The summed E-state index contributed by atoms with van der Waals surface area (Å²) in [4.78, 5) is 48.1. The molecule has 0 saturated carbocycles. The largest absolute Gasteiger partial charge is 0.513 e. The van der Waals surface area contributed by atoms with E-state index in [1.54, 1.807) is 34.6 Å². The quantitative estimate of drug-likeness (QED) is 0.221. The van der Waals surface area contributed by atoms with Gasteiger partial charge in [-0.1, -0.05) is 40.7 Å². The van der Waals surface area contributed by atoms with Gasteiger partial charge in [-0.3, -0.25) is 9.59 Å². The third kappa shape index (κ3) is 9.37. The SMILES string of the molecule is CCCOC(=O)Oc1ccc(C(C(C)C(C)OC(=O)C(C)C)[C@H](N)C(=O)O)cc1OC(=O)OCCC. The molecule has 0 fully saturated rings. The minimum Gasteiger partial charge on any atom is -0.480 e. The minimum atomic E-state index is -1.39. The highest BCUT2D eigenvalue weighted by Crippen LogP contribution is 2.37. The van der Waals surface area contributed by atoms with Crippen molar-refractivity contribution in [3.63, 3.8) is 0 Å². The van der Waals surface area contributed by atoms with Crippen LogP contribution >= 0.6 is 0 Å². The molecular weight excluding hydrogens is 474 g/mol. The zero-order valence-electron chi connectivity index (χ0n) is 21.6. The Balaban J connectivity index is 3.41. The van der Waals surface area contributed by atoms with Crippen LogP contribution in [0.3, 0.4) is 0 Å². The van der Waals surface area contributed by atoms with E-state index in [0.29, 0.717) is 18.4 Å². The molecule has 1 rings (SSSR count). The Labute approximate surface area is 211 Å². The number of carboxylic acids is 1. The number of hydrogen-bond acceptors (Lipinski definition) is 10. The zero-order valence-corrected chi connectivity index (χ0v) is 21.6. The van der Waals surface area contributed by atoms with Gasteiger partial charge < -0.3 is 34.5 Å². The molecule has 0 heterocycles. The number of rotatable bonds is 13. The molecule has 4 atom stereocenters. The van der Waals surface area contributed by atoms with Gasteiger partial charge in [-0.15, -0.1) is 0 Å². The fraction of sp³-hybridized carbons (Fsp3) is 0.600. The molecule has 0 bridgehead atoms. The standard InChI is InChI=1S/C25H37NO10/c1-7-11-32-24(30)35-18-10-9-17(13-19(18)36-25(31)33-12-8-2)20(21(26)22(27)28)15(5)16(6)34-23(29)14(3)4/h9-10,13-16,20-21H,7-8,11-12,26H2,1-6H3,(H,27,28)/t15?,16?,20?,21-/m0/s1. The lowest BCUT2D eigenvalue weighted by molar-refractivity contribution is -0.155. The molecule has 11 nitrogen and oxygen atoms in total. The molecule has 3 N–H and O–H groups in total. The molecule has 36 heavy (non-hydrogen) atoms. The molecule has 3 unspecified atom stereocenters. The summed E-state index contributed by atoms with van der Waals surface area (Å²) in [5, 5.41) is 9.66. The van der Waals surface area contributed by atoms with Gasteiger partial charge in [0.25, 0.3) is 0 Å². The Morgan fingerprint density at radius 3 is 1.89 bits per heavy atom. The summed E-state index contributed by atoms with van der Waals surface area (Å²) in [6.07, 6.45) is -1.59. The van der Waals surface area contributed by atoms with Crippen molar-refractivity contribution < 1.29 is 48.0 Å². The van der Waals surface area contributed by atoms with Crippen LogP contribution in [0.5, 0.6) is 11.5 Å². The second kappa shape index (κ2) is 14.9. The van der Waals surface area contributed by atoms with Gasteiger partial charge in [-0.25, -0.2) is 9.59 Å². The first-order valence-corrected chi connectivity index (χ1v) is 11.9. The van der Waals surface area contributed by atoms with Gasteiger partial charge >= 0.3 is 24.2 Å². The van der Waals surface area contributed by atoms with Crippen molar-refractivity contribution in [3.05, 3.63) is 23.8 Å². The Morgan fingerprint density at radius 1 is 0.889 bits per heavy atom. The Morgan fingerprint density at radius 2 is 1.42 bits per heavy atom. The van der Waals surface area contributed by atoms with Crippen molar-refractivity contribution in [1.29, 1.82) is 0 Å². The van der Waals surface area contributed by atoms with E-state index < -0.39 is 48.2 Å². The Kier molecular flexibility index (Phi) is 12.7. The number of aliphatic carboxylic acids is 1. The zero-order chi connectivity index (χ0) is 27.4. The summed E-state index contributed by atoms with van der Waals surface area (Å²) in [7, 11) is 0. The number of ether oxygens (including phenoxy) is 5. The predicted octanol–water partition coefficient (Wildman–Crippen LogP) is 4.26. The van der Waals surface area contributed by atoms with E-state index >= 15 is 0 Å². The summed E-state index contributed by atoms with van der Waals surface area (Å²) in [6, 6.07) is 2.79. The second-order valence-electron chi connectivity index (χ2n) is 8.65. The molecular formula is C25H37NO10. The average molecular weight is 512 g/mol. The number of benzene rings is 1. The van der Waals surface area contributed by atoms with E-state index in [0.717, 1.165) is 0 Å². The van der Waals surface area contributed by atoms with Crippen molar-refractivity contribution in [2.45, 2.75) is 72.4 Å². The van der Waals surface area contributed by atoms with E-state index in [-0.39, 0.29) is 30.6 Å². The summed E-state index contributed by atoms with van der Waals surface area (Å²) >= 11 is 0. The maximum atomic E-state index is 12.1. The first kappa shape index (κ1) is 30.7. The summed E-state index contributed by atoms with van der Waals surface area (Å²) in [5.74, 6) is -3.83. The van der Waals surface area contributed by atoms with E-state index in [9.17, 15) is 24.3 Å². The molecule has 0 aliphatic rings. The molecule has 0 aromatic heterocycles. The summed E-state index contributed by atoms with van der Waals surface area (Å²) in [6.45, 7) is 10.6. The van der Waals surface area contributed by atoms with Crippen molar-refractivity contribution >= 4 is 24.2 Å². The van der Waals surface area contributed by atoms with Crippen LogP contribution in [0.15, 0.2) is 18.2 Å². The molecule has 0 aliphatic carbocycles. The van der Waals surface area contributed by atoms with E-state index in [1.165, 1.54) is 18.2 Å². The Bertz CT molecular complexity index is 901. The van der Waals surface area contributed by atoms with Gasteiger partial charge in [0, 0.05) is 11.8 Å². The Hall–Kier alpha value is -3.34. The molecule has 0 spiro atoms. The number of carbonyl (C=O) groups excluding carboxylic acids is 3. The summed E-state index contributed by atoms with van der Waals surface area (Å²) in [5.41, 5.74) is 6.39. The maximum absolute atomic E-state index is 12.1. The van der Waals surface area contributed by atoms with Gasteiger partial charge in [-0.05, 0) is 37.5 Å². The molecule has 0 aliphatic heterocycles. The molecule has 0 amide bonds. The van der Waals surface area contributed by atoms with Crippen LogP contribution in [-0.2, 0) is 23.8 Å². The third-order valence-corrected chi connectivity index (χ3v) is 5.34. The van der Waals surface area contributed by atoms with Gasteiger partial charge in [0.1, 0.15) is 12.1 Å². The number of carbonyl (C=O) groups is 4. The molecule has 1 aromatic carbocycles. The van der Waals surface area contributed by atoms with Crippen molar-refractivity contribution in [2.75, 3.05) is 13.2 Å². The molecule has 0 saturated heterocycles. The van der Waals surface area contributed by atoms with Gasteiger partial charge in [-0.2, -0.15) is 0 Å². The number of carboxylic acid groups (broad SMARTS) is 1. The predicted molar refractivity (Wildman–Crippen MR) is 129 cm³/mol. The van der Waals surface area contributed by atoms with Gasteiger partial charge in [0.2, 0.25) is 0 Å². The number of esters is 1. The first-order valence-electron chi connectivity index (χ1n) is 11.9. The normalized spacial score (nSPS) is 14.2. The fourth-order valence-electron chi connectivity index (χ4n) is 3.22. The fourth-order valence-corrected chi connectivity index (χ4v) is 3.22. The van der Waals surface area contributed by atoms with Crippen LogP contribution in [0.25, 0.3) is 0 Å². The minimum absolute atomic E-state index is 0.107.